The van der Waals surface area contributed by atoms with Gasteiger partial charge in [-0.3, -0.25) is 0 Å². The molecule has 0 aliphatic carbocycles. The van der Waals surface area contributed by atoms with Crippen LogP contribution in [0.3, 0.4) is 0 Å². The van der Waals surface area contributed by atoms with Crippen LogP contribution in [0.4, 0.5) is 0 Å². The molecule has 86 valence electrons. The van der Waals surface area contributed by atoms with E-state index in [0.717, 1.165) is 19.3 Å². The molecule has 0 saturated carbocycles. The fourth-order valence-electron chi connectivity index (χ4n) is 2.07. The van der Waals surface area contributed by atoms with Crippen molar-refractivity contribution < 1.29 is 14.3 Å². The first kappa shape index (κ1) is 12.4. The molecule has 15 heavy (non-hydrogen) atoms. The summed E-state index contributed by atoms with van der Waals surface area (Å²) in [6.07, 6.45) is 4.65. The number of rotatable bonds is 4. The van der Waals surface area contributed by atoms with Crippen molar-refractivity contribution in [2.75, 3.05) is 20.3 Å². The standard InChI is InChI=1S/C11H19NO3/c1-10(2,12-9-13)11(8-14-3)6-4-5-7-15-11/h4-8H2,1-3H3. The minimum atomic E-state index is -0.578. The number of aliphatic imine (C=N–C) groups is 1. The normalized spacial score (nSPS) is 27.1. The second kappa shape index (κ2) is 4.88. The van der Waals surface area contributed by atoms with Gasteiger partial charge in [-0.25, -0.2) is 4.79 Å². The largest absolute Gasteiger partial charge is 0.382 e. The highest BCUT2D eigenvalue weighted by molar-refractivity contribution is 5.35. The molecule has 1 fully saturated rings. The van der Waals surface area contributed by atoms with Crippen LogP contribution in [0.25, 0.3) is 0 Å². The van der Waals surface area contributed by atoms with Crippen LogP contribution >= 0.6 is 0 Å². The topological polar surface area (TPSA) is 47.9 Å². The first-order chi connectivity index (χ1) is 7.08. The molecule has 1 aliphatic heterocycles. The molecule has 0 radical (unpaired) electrons. The third-order valence-corrected chi connectivity index (χ3v) is 3.17. The van der Waals surface area contributed by atoms with E-state index in [0.29, 0.717) is 13.2 Å². The lowest BCUT2D eigenvalue weighted by molar-refractivity contribution is -0.149. The number of ether oxygens (including phenoxy) is 2. The number of carbonyl (C=O) groups excluding carboxylic acids is 1. The monoisotopic (exact) mass is 213 g/mol. The van der Waals surface area contributed by atoms with Crippen LogP contribution in [0.15, 0.2) is 4.99 Å². The van der Waals surface area contributed by atoms with E-state index < -0.39 is 11.1 Å². The number of methoxy groups -OCH3 is 1. The van der Waals surface area contributed by atoms with Crippen LogP contribution in [0.1, 0.15) is 33.1 Å². The lowest BCUT2D eigenvalue weighted by atomic mass is 9.78. The Bertz CT molecular complexity index is 245. The van der Waals surface area contributed by atoms with E-state index in [-0.39, 0.29) is 0 Å². The Morgan fingerprint density at radius 2 is 2.27 bits per heavy atom. The van der Waals surface area contributed by atoms with Crippen LogP contribution in [-0.4, -0.2) is 37.5 Å². The second-order valence-corrected chi connectivity index (χ2v) is 4.49. The summed E-state index contributed by atoms with van der Waals surface area (Å²) in [5, 5.41) is 0. The summed E-state index contributed by atoms with van der Waals surface area (Å²) in [5.74, 6) is 0. The molecule has 1 saturated heterocycles. The van der Waals surface area contributed by atoms with Crippen molar-refractivity contribution in [1.82, 2.24) is 0 Å². The van der Waals surface area contributed by atoms with Crippen molar-refractivity contribution >= 4 is 6.08 Å². The Morgan fingerprint density at radius 1 is 1.53 bits per heavy atom. The minimum absolute atomic E-state index is 0.463. The van der Waals surface area contributed by atoms with E-state index in [4.69, 9.17) is 9.47 Å². The van der Waals surface area contributed by atoms with Gasteiger partial charge in [0.25, 0.3) is 0 Å². The summed E-state index contributed by atoms with van der Waals surface area (Å²) in [7, 11) is 1.64. The predicted octanol–water partition coefficient (Wildman–Crippen LogP) is 1.69. The number of nitrogens with zero attached hydrogens (tertiary/aromatic N) is 1. The molecule has 0 amide bonds. The Kier molecular flexibility index (Phi) is 4.03. The number of isocyanates is 1. The molecule has 0 aromatic rings. The van der Waals surface area contributed by atoms with Crippen LogP contribution in [0.5, 0.6) is 0 Å². The zero-order valence-electron chi connectivity index (χ0n) is 9.71. The van der Waals surface area contributed by atoms with Crippen molar-refractivity contribution in [3.05, 3.63) is 0 Å². The van der Waals surface area contributed by atoms with Gasteiger partial charge in [0.15, 0.2) is 0 Å². The summed E-state index contributed by atoms with van der Waals surface area (Å²) < 4.78 is 11.0. The zero-order chi connectivity index (χ0) is 11.4. The molecule has 0 N–H and O–H groups in total. The van der Waals surface area contributed by atoms with Crippen LogP contribution < -0.4 is 0 Å². The minimum Gasteiger partial charge on any atom is -0.382 e. The van der Waals surface area contributed by atoms with Gasteiger partial charge in [0.05, 0.1) is 12.1 Å². The highest BCUT2D eigenvalue weighted by Crippen LogP contribution is 2.37. The summed E-state index contributed by atoms with van der Waals surface area (Å²) >= 11 is 0. The fraction of sp³-hybridized carbons (Fsp3) is 0.909. The quantitative estimate of drug-likeness (QED) is 0.527. The third kappa shape index (κ3) is 2.46. The summed E-state index contributed by atoms with van der Waals surface area (Å²) in [6, 6.07) is 0. The molecule has 1 aliphatic rings. The van der Waals surface area contributed by atoms with Gasteiger partial charge in [-0.2, -0.15) is 4.99 Å². The van der Waals surface area contributed by atoms with E-state index in [9.17, 15) is 4.79 Å². The van der Waals surface area contributed by atoms with Gasteiger partial charge in [-0.05, 0) is 33.1 Å². The highest BCUT2D eigenvalue weighted by Gasteiger charge is 2.47. The average Bonchev–Trinajstić information content (AvgIpc) is 2.19. The van der Waals surface area contributed by atoms with Crippen molar-refractivity contribution in [1.29, 1.82) is 0 Å². The first-order valence-corrected chi connectivity index (χ1v) is 5.30. The van der Waals surface area contributed by atoms with Crippen molar-refractivity contribution in [3.8, 4) is 0 Å². The molecule has 1 rings (SSSR count). The number of hydrogen-bond donors (Lipinski definition) is 0. The molecule has 4 heteroatoms. The SMILES string of the molecule is COCC1(C(C)(C)N=C=O)CCCCO1. The van der Waals surface area contributed by atoms with Crippen LogP contribution in [0, 0.1) is 0 Å². The van der Waals surface area contributed by atoms with Gasteiger partial charge in [-0.1, -0.05) is 0 Å². The van der Waals surface area contributed by atoms with Crippen LogP contribution in [-0.2, 0) is 14.3 Å². The molecule has 0 aromatic carbocycles. The molecular weight excluding hydrogens is 194 g/mol. The van der Waals surface area contributed by atoms with Gasteiger partial charge < -0.3 is 9.47 Å². The molecule has 1 atom stereocenters. The lowest BCUT2D eigenvalue weighted by Gasteiger charge is -2.45. The maximum Gasteiger partial charge on any atom is 0.235 e. The summed E-state index contributed by atoms with van der Waals surface area (Å²) in [5.41, 5.74) is -1.05. The maximum atomic E-state index is 10.4. The predicted molar refractivity (Wildman–Crippen MR) is 56.6 cm³/mol. The molecule has 4 nitrogen and oxygen atoms in total. The third-order valence-electron chi connectivity index (χ3n) is 3.17. The van der Waals surface area contributed by atoms with E-state index in [1.165, 1.54) is 0 Å². The Balaban J connectivity index is 2.92. The van der Waals surface area contributed by atoms with Gasteiger partial charge in [0.2, 0.25) is 6.08 Å². The second-order valence-electron chi connectivity index (χ2n) is 4.49. The fourth-order valence-corrected chi connectivity index (χ4v) is 2.07. The smallest absolute Gasteiger partial charge is 0.235 e. The first-order valence-electron chi connectivity index (χ1n) is 5.30. The molecular formula is C11H19NO3. The van der Waals surface area contributed by atoms with E-state index >= 15 is 0 Å². The highest BCUT2D eigenvalue weighted by atomic mass is 16.5. The molecule has 1 unspecified atom stereocenters. The van der Waals surface area contributed by atoms with Gasteiger partial charge in [0.1, 0.15) is 5.60 Å². The molecule has 0 aromatic heterocycles. The van der Waals surface area contributed by atoms with Crippen molar-refractivity contribution in [2.45, 2.75) is 44.2 Å². The Hall–Kier alpha value is -0.700. The zero-order valence-corrected chi connectivity index (χ0v) is 9.71. The van der Waals surface area contributed by atoms with E-state index in [1.54, 1.807) is 13.2 Å². The van der Waals surface area contributed by atoms with Gasteiger partial charge >= 0.3 is 0 Å². The maximum absolute atomic E-state index is 10.4. The summed E-state index contributed by atoms with van der Waals surface area (Å²) in [4.78, 5) is 14.3. The summed E-state index contributed by atoms with van der Waals surface area (Å²) in [6.45, 7) is 4.96. The molecule has 0 spiro atoms. The molecule has 1 heterocycles. The Labute approximate surface area is 90.7 Å². The average molecular weight is 213 g/mol. The van der Waals surface area contributed by atoms with Gasteiger partial charge in [0, 0.05) is 13.7 Å². The number of hydrogen-bond acceptors (Lipinski definition) is 4. The van der Waals surface area contributed by atoms with Crippen LogP contribution in [0.2, 0.25) is 0 Å². The lowest BCUT2D eigenvalue weighted by Crippen LogP contribution is -2.55. The van der Waals surface area contributed by atoms with Crippen molar-refractivity contribution in [3.63, 3.8) is 0 Å². The Morgan fingerprint density at radius 3 is 2.73 bits per heavy atom. The van der Waals surface area contributed by atoms with Gasteiger partial charge in [-0.15, -0.1) is 0 Å². The molecule has 0 bridgehead atoms. The van der Waals surface area contributed by atoms with E-state index in [1.807, 2.05) is 13.8 Å². The van der Waals surface area contributed by atoms with E-state index in [2.05, 4.69) is 4.99 Å². The van der Waals surface area contributed by atoms with Crippen molar-refractivity contribution in [2.24, 2.45) is 4.99 Å².